The van der Waals surface area contributed by atoms with Gasteiger partial charge in [-0.05, 0) is 37.5 Å². The van der Waals surface area contributed by atoms with Gasteiger partial charge in [-0.15, -0.1) is 0 Å². The second-order valence-corrected chi connectivity index (χ2v) is 8.05. The largest absolute Gasteiger partial charge is 0.496 e. The highest BCUT2D eigenvalue weighted by Gasteiger charge is 2.32. The number of nitrogens with one attached hydrogen (secondary N) is 1. The van der Waals surface area contributed by atoms with E-state index in [1.54, 1.807) is 36.4 Å². The fourth-order valence-electron chi connectivity index (χ4n) is 4.42. The lowest BCUT2D eigenvalue weighted by atomic mass is 10.0. The number of oxazole rings is 1. The topological polar surface area (TPSA) is 71.4 Å². The first-order valence-electron chi connectivity index (χ1n) is 10.8. The zero-order chi connectivity index (χ0) is 22.1. The number of rotatable bonds is 5. The van der Waals surface area contributed by atoms with Gasteiger partial charge in [0.2, 0.25) is 5.89 Å². The highest BCUT2D eigenvalue weighted by Crippen LogP contribution is 2.33. The van der Waals surface area contributed by atoms with E-state index >= 15 is 0 Å². The molecule has 2 aromatic heterocycles. The normalized spacial score (nSPS) is 16.4. The number of hydrogen-bond acceptors (Lipinski definition) is 4. The van der Waals surface area contributed by atoms with Crippen LogP contribution in [0.5, 0.6) is 5.75 Å². The summed E-state index contributed by atoms with van der Waals surface area (Å²) in [5.74, 6) is 1.51. The first-order chi connectivity index (χ1) is 15.6. The van der Waals surface area contributed by atoms with Crippen LogP contribution < -0.4 is 4.74 Å². The molecule has 1 saturated heterocycles. The van der Waals surface area contributed by atoms with Gasteiger partial charge in [-0.3, -0.25) is 4.79 Å². The second-order valence-electron chi connectivity index (χ2n) is 8.05. The summed E-state index contributed by atoms with van der Waals surface area (Å²) in [6, 6.07) is 14.1. The third-order valence-corrected chi connectivity index (χ3v) is 6.01. The molecule has 0 bridgehead atoms. The van der Waals surface area contributed by atoms with Crippen molar-refractivity contribution in [1.29, 1.82) is 0 Å². The first-order valence-corrected chi connectivity index (χ1v) is 10.8. The Hall–Kier alpha value is -3.61. The van der Waals surface area contributed by atoms with Crippen molar-refractivity contribution in [3.05, 3.63) is 83.5 Å². The van der Waals surface area contributed by atoms with E-state index in [-0.39, 0.29) is 17.8 Å². The number of likely N-dealkylation sites (tertiary alicyclic amines) is 1. The standard InChI is InChI=1S/C25H24FN3O3/c1-31-22-11-3-2-7-16(22)13-18-15-27-24(32-18)21-10-4-5-12-29(21)25(30)20-14-17-8-6-9-19(26)23(17)28-20/h2-3,6-9,11,14-15,21,28H,4-5,10,12-13H2,1H3/t21-/m0/s1. The fourth-order valence-corrected chi connectivity index (χ4v) is 4.42. The number of hydrogen-bond donors (Lipinski definition) is 1. The highest BCUT2D eigenvalue weighted by atomic mass is 19.1. The number of nitrogens with zero attached hydrogens (tertiary/aromatic N) is 2. The first kappa shape index (κ1) is 20.3. The van der Waals surface area contributed by atoms with Gasteiger partial charge in [0.15, 0.2) is 0 Å². The molecule has 164 valence electrons. The minimum atomic E-state index is -0.370. The van der Waals surface area contributed by atoms with Gasteiger partial charge in [0.25, 0.3) is 5.91 Å². The molecule has 4 aromatic rings. The summed E-state index contributed by atoms with van der Waals surface area (Å²) < 4.78 is 25.6. The van der Waals surface area contributed by atoms with Crippen LogP contribution in [0.3, 0.4) is 0 Å². The fraction of sp³-hybridized carbons (Fsp3) is 0.280. The number of halogens is 1. The average molecular weight is 433 g/mol. The summed E-state index contributed by atoms with van der Waals surface area (Å²) in [6.07, 6.45) is 4.94. The number of methoxy groups -OCH3 is 1. The molecule has 1 amide bonds. The minimum absolute atomic E-state index is 0.172. The maximum absolute atomic E-state index is 14.1. The number of ether oxygens (including phenoxy) is 1. The number of amides is 1. The van der Waals surface area contributed by atoms with Gasteiger partial charge in [0.1, 0.15) is 29.1 Å². The lowest BCUT2D eigenvalue weighted by Gasteiger charge is -2.33. The average Bonchev–Trinajstić information content (AvgIpc) is 3.47. The smallest absolute Gasteiger partial charge is 0.270 e. The maximum atomic E-state index is 14.1. The minimum Gasteiger partial charge on any atom is -0.496 e. The molecule has 1 fully saturated rings. The van der Waals surface area contributed by atoms with Crippen LogP contribution in [0.2, 0.25) is 0 Å². The van der Waals surface area contributed by atoms with E-state index in [0.717, 1.165) is 36.3 Å². The molecule has 2 aromatic carbocycles. The van der Waals surface area contributed by atoms with Crippen LogP contribution in [0.15, 0.2) is 59.1 Å². The van der Waals surface area contributed by atoms with E-state index in [1.807, 2.05) is 24.3 Å². The Morgan fingerprint density at radius 1 is 1.25 bits per heavy atom. The lowest BCUT2D eigenvalue weighted by Crippen LogP contribution is -2.38. The molecular formula is C25H24FN3O3. The van der Waals surface area contributed by atoms with Gasteiger partial charge in [0.05, 0.1) is 18.8 Å². The van der Waals surface area contributed by atoms with Crippen molar-refractivity contribution in [3.63, 3.8) is 0 Å². The molecule has 1 atom stereocenters. The summed E-state index contributed by atoms with van der Waals surface area (Å²) in [5, 5.41) is 0.678. The number of carbonyl (C=O) groups excluding carboxylic acids is 1. The number of benzene rings is 2. The number of carbonyl (C=O) groups is 1. The van der Waals surface area contributed by atoms with Crippen LogP contribution >= 0.6 is 0 Å². The van der Waals surface area contributed by atoms with Crippen molar-refractivity contribution in [2.45, 2.75) is 31.7 Å². The summed E-state index contributed by atoms with van der Waals surface area (Å²) in [6.45, 7) is 0.603. The van der Waals surface area contributed by atoms with Crippen LogP contribution in [-0.4, -0.2) is 34.4 Å². The monoisotopic (exact) mass is 433 g/mol. The summed E-state index contributed by atoms with van der Waals surface area (Å²) >= 11 is 0. The molecule has 1 aliphatic heterocycles. The van der Waals surface area contributed by atoms with Crippen molar-refractivity contribution >= 4 is 16.8 Å². The van der Waals surface area contributed by atoms with Crippen LogP contribution in [0.25, 0.3) is 10.9 Å². The summed E-state index contributed by atoms with van der Waals surface area (Å²) in [5.41, 5.74) is 1.73. The van der Waals surface area contributed by atoms with Crippen LogP contribution in [0, 0.1) is 5.82 Å². The molecule has 32 heavy (non-hydrogen) atoms. The zero-order valence-electron chi connectivity index (χ0n) is 17.8. The van der Waals surface area contributed by atoms with Gasteiger partial charge in [-0.2, -0.15) is 0 Å². The van der Waals surface area contributed by atoms with E-state index in [1.165, 1.54) is 6.07 Å². The van der Waals surface area contributed by atoms with Crippen molar-refractivity contribution in [3.8, 4) is 5.75 Å². The van der Waals surface area contributed by atoms with Crippen molar-refractivity contribution < 1.29 is 18.3 Å². The Balaban J connectivity index is 1.40. The Kier molecular flexibility index (Phi) is 5.39. The van der Waals surface area contributed by atoms with Crippen LogP contribution in [0.4, 0.5) is 4.39 Å². The van der Waals surface area contributed by atoms with E-state index < -0.39 is 0 Å². The summed E-state index contributed by atoms with van der Waals surface area (Å²) in [4.78, 5) is 22.6. The molecule has 7 heteroatoms. The molecule has 0 aliphatic carbocycles. The molecule has 0 radical (unpaired) electrons. The Bertz CT molecular complexity index is 1260. The van der Waals surface area contributed by atoms with E-state index in [4.69, 9.17) is 9.15 Å². The number of aromatic nitrogens is 2. The molecule has 1 aliphatic rings. The summed E-state index contributed by atoms with van der Waals surface area (Å²) in [7, 11) is 1.64. The second kappa shape index (κ2) is 8.49. The zero-order valence-corrected chi connectivity index (χ0v) is 17.8. The molecule has 0 spiro atoms. The number of para-hydroxylation sites is 2. The number of fused-ring (bicyclic) bond motifs is 1. The van der Waals surface area contributed by atoms with E-state index in [9.17, 15) is 9.18 Å². The number of piperidine rings is 1. The Morgan fingerprint density at radius 2 is 2.12 bits per heavy atom. The molecular weight excluding hydrogens is 409 g/mol. The van der Waals surface area contributed by atoms with Crippen molar-refractivity contribution in [1.82, 2.24) is 14.9 Å². The van der Waals surface area contributed by atoms with Gasteiger partial charge in [-0.25, -0.2) is 9.37 Å². The lowest BCUT2D eigenvalue weighted by molar-refractivity contribution is 0.0565. The van der Waals surface area contributed by atoms with Crippen LogP contribution in [-0.2, 0) is 6.42 Å². The molecule has 5 rings (SSSR count). The number of H-pyrrole nitrogens is 1. The van der Waals surface area contributed by atoms with Gasteiger partial charge in [0, 0.05) is 23.9 Å². The van der Waals surface area contributed by atoms with Gasteiger partial charge in [-0.1, -0.05) is 30.3 Å². The Labute approximate surface area is 185 Å². The molecule has 6 nitrogen and oxygen atoms in total. The van der Waals surface area contributed by atoms with Crippen LogP contribution in [0.1, 0.15) is 53.0 Å². The Morgan fingerprint density at radius 3 is 2.97 bits per heavy atom. The quantitative estimate of drug-likeness (QED) is 0.466. The van der Waals surface area contributed by atoms with E-state index in [0.29, 0.717) is 35.5 Å². The maximum Gasteiger partial charge on any atom is 0.270 e. The van der Waals surface area contributed by atoms with Gasteiger partial charge < -0.3 is 19.0 Å². The molecule has 3 heterocycles. The predicted octanol–water partition coefficient (Wildman–Crippen LogP) is 5.26. The van der Waals surface area contributed by atoms with Crippen molar-refractivity contribution in [2.24, 2.45) is 0 Å². The van der Waals surface area contributed by atoms with Gasteiger partial charge >= 0.3 is 0 Å². The molecule has 0 saturated carbocycles. The molecule has 1 N–H and O–H groups in total. The third kappa shape index (κ3) is 3.75. The molecule has 0 unspecified atom stereocenters. The van der Waals surface area contributed by atoms with Crippen molar-refractivity contribution in [2.75, 3.05) is 13.7 Å². The predicted molar refractivity (Wildman–Crippen MR) is 118 cm³/mol. The highest BCUT2D eigenvalue weighted by molar-refractivity contribution is 5.98. The SMILES string of the molecule is COc1ccccc1Cc1cnc([C@@H]2CCCCN2C(=O)c2cc3cccc(F)c3[nH]2)o1. The number of aromatic amines is 1. The third-order valence-electron chi connectivity index (χ3n) is 6.01. The van der Waals surface area contributed by atoms with E-state index in [2.05, 4.69) is 9.97 Å².